The van der Waals surface area contributed by atoms with Gasteiger partial charge in [-0.1, -0.05) is 11.6 Å². The summed E-state index contributed by atoms with van der Waals surface area (Å²) >= 11 is 6.06. The Kier molecular flexibility index (Phi) is 6.39. The molecule has 1 N–H and O–H groups in total. The second-order valence-corrected chi connectivity index (χ2v) is 4.57. The van der Waals surface area contributed by atoms with Crippen LogP contribution < -0.4 is 4.90 Å². The highest BCUT2D eigenvalue weighted by Gasteiger charge is 2.23. The van der Waals surface area contributed by atoms with Gasteiger partial charge < -0.3 is 14.7 Å². The molecule has 7 nitrogen and oxygen atoms in total. The van der Waals surface area contributed by atoms with Crippen LogP contribution in [0, 0.1) is 10.1 Å². The fourth-order valence-electron chi connectivity index (χ4n) is 1.92. The highest BCUT2D eigenvalue weighted by molar-refractivity contribution is 6.34. The van der Waals surface area contributed by atoms with Gasteiger partial charge in [-0.15, -0.1) is 0 Å². The zero-order valence-corrected chi connectivity index (χ0v) is 12.6. The van der Waals surface area contributed by atoms with Gasteiger partial charge in [-0.3, -0.25) is 10.1 Å². The summed E-state index contributed by atoms with van der Waals surface area (Å²) in [6, 6.07) is 2.18. The standard InChI is InChI=1S/C13H17ClN2O5/c1-3-15(5-6-21-4-2)12-10(13(17)18)7-9(16(19)20)8-11(12)14/h7-8H,3-6H2,1-2H3,(H,17,18). The average Bonchev–Trinajstić information content (AvgIpc) is 2.43. The number of nitro groups is 1. The third-order valence-corrected chi connectivity index (χ3v) is 3.19. The Morgan fingerprint density at radius 3 is 2.62 bits per heavy atom. The van der Waals surface area contributed by atoms with Crippen molar-refractivity contribution in [3.8, 4) is 0 Å². The van der Waals surface area contributed by atoms with Crippen LogP contribution >= 0.6 is 11.6 Å². The lowest BCUT2D eigenvalue weighted by atomic mass is 10.1. The number of hydrogen-bond donors (Lipinski definition) is 1. The third-order valence-electron chi connectivity index (χ3n) is 2.90. The fraction of sp³-hybridized carbons (Fsp3) is 0.462. The molecule has 116 valence electrons. The van der Waals surface area contributed by atoms with Gasteiger partial charge in [0.05, 0.1) is 27.8 Å². The summed E-state index contributed by atoms with van der Waals surface area (Å²) in [5.41, 5.74) is -0.258. The molecule has 0 bridgehead atoms. The van der Waals surface area contributed by atoms with E-state index in [4.69, 9.17) is 16.3 Å². The van der Waals surface area contributed by atoms with Crippen molar-refractivity contribution < 1.29 is 19.6 Å². The van der Waals surface area contributed by atoms with Gasteiger partial charge >= 0.3 is 5.97 Å². The first kappa shape index (κ1) is 17.2. The van der Waals surface area contributed by atoms with Crippen LogP contribution in [0.5, 0.6) is 0 Å². The van der Waals surface area contributed by atoms with Crippen LogP contribution in [0.4, 0.5) is 11.4 Å². The number of nitro benzene ring substituents is 1. The van der Waals surface area contributed by atoms with E-state index in [1.54, 1.807) is 4.90 Å². The van der Waals surface area contributed by atoms with Crippen LogP contribution in [0.15, 0.2) is 12.1 Å². The molecular weight excluding hydrogens is 300 g/mol. The highest BCUT2D eigenvalue weighted by Crippen LogP contribution is 2.34. The molecule has 0 aliphatic heterocycles. The van der Waals surface area contributed by atoms with Gasteiger partial charge in [0.2, 0.25) is 0 Å². The topological polar surface area (TPSA) is 92.9 Å². The predicted octanol–water partition coefficient (Wildman–Crippen LogP) is 2.81. The van der Waals surface area contributed by atoms with Crippen molar-refractivity contribution in [2.75, 3.05) is 31.2 Å². The number of non-ortho nitro benzene ring substituents is 1. The molecule has 0 amide bonds. The minimum atomic E-state index is -1.26. The maximum absolute atomic E-state index is 11.4. The molecule has 0 spiro atoms. The van der Waals surface area contributed by atoms with Crippen LogP contribution in [-0.2, 0) is 4.74 Å². The molecule has 0 heterocycles. The van der Waals surface area contributed by atoms with E-state index in [1.807, 2.05) is 13.8 Å². The maximum atomic E-state index is 11.4. The van der Waals surface area contributed by atoms with E-state index in [0.29, 0.717) is 26.3 Å². The number of anilines is 1. The SMILES string of the molecule is CCOCCN(CC)c1c(Cl)cc([N+](=O)[O-])cc1C(=O)O. The lowest BCUT2D eigenvalue weighted by Crippen LogP contribution is -2.29. The summed E-state index contributed by atoms with van der Waals surface area (Å²) in [6.45, 7) is 5.62. The average molecular weight is 317 g/mol. The van der Waals surface area contributed by atoms with Crippen LogP contribution in [0.3, 0.4) is 0 Å². The van der Waals surface area contributed by atoms with Gasteiger partial charge in [0.15, 0.2) is 0 Å². The van der Waals surface area contributed by atoms with Gasteiger partial charge in [-0.25, -0.2) is 4.79 Å². The Morgan fingerprint density at radius 1 is 1.48 bits per heavy atom. The minimum Gasteiger partial charge on any atom is -0.478 e. The Labute approximate surface area is 127 Å². The Hall–Kier alpha value is -1.86. The molecule has 1 aromatic carbocycles. The lowest BCUT2D eigenvalue weighted by Gasteiger charge is -2.25. The van der Waals surface area contributed by atoms with Crippen molar-refractivity contribution in [2.24, 2.45) is 0 Å². The first-order valence-electron chi connectivity index (χ1n) is 6.46. The number of carboxylic acids is 1. The minimum absolute atomic E-state index is 0.0416. The predicted molar refractivity (Wildman–Crippen MR) is 79.4 cm³/mol. The molecule has 0 radical (unpaired) electrons. The summed E-state index contributed by atoms with van der Waals surface area (Å²) in [6.07, 6.45) is 0. The first-order chi connectivity index (χ1) is 9.92. The summed E-state index contributed by atoms with van der Waals surface area (Å²) in [4.78, 5) is 23.2. The molecule has 0 aliphatic carbocycles. The summed E-state index contributed by atoms with van der Waals surface area (Å²) in [5, 5.41) is 20.1. The van der Waals surface area contributed by atoms with E-state index >= 15 is 0 Å². The van der Waals surface area contributed by atoms with Gasteiger partial charge in [-0.05, 0) is 13.8 Å². The summed E-state index contributed by atoms with van der Waals surface area (Å²) in [5.74, 6) is -1.26. The number of ether oxygens (including phenoxy) is 1. The number of likely N-dealkylation sites (N-methyl/N-ethyl adjacent to an activating group) is 1. The van der Waals surface area contributed by atoms with E-state index in [2.05, 4.69) is 0 Å². The largest absolute Gasteiger partial charge is 0.478 e. The molecule has 1 aromatic rings. The normalized spacial score (nSPS) is 10.4. The molecule has 8 heteroatoms. The van der Waals surface area contributed by atoms with Crippen molar-refractivity contribution >= 4 is 28.9 Å². The van der Waals surface area contributed by atoms with E-state index in [1.165, 1.54) is 0 Å². The highest BCUT2D eigenvalue weighted by atomic mass is 35.5. The zero-order valence-electron chi connectivity index (χ0n) is 11.8. The number of carbonyl (C=O) groups is 1. The number of benzene rings is 1. The second-order valence-electron chi connectivity index (χ2n) is 4.16. The molecule has 21 heavy (non-hydrogen) atoms. The zero-order chi connectivity index (χ0) is 16.0. The molecule has 1 rings (SSSR count). The lowest BCUT2D eigenvalue weighted by molar-refractivity contribution is -0.384. The van der Waals surface area contributed by atoms with Gasteiger partial charge in [0, 0.05) is 31.8 Å². The van der Waals surface area contributed by atoms with Crippen molar-refractivity contribution in [1.29, 1.82) is 0 Å². The van der Waals surface area contributed by atoms with Crippen LogP contribution in [0.1, 0.15) is 24.2 Å². The van der Waals surface area contributed by atoms with E-state index in [0.717, 1.165) is 12.1 Å². The molecule has 0 unspecified atom stereocenters. The molecule has 0 aliphatic rings. The van der Waals surface area contributed by atoms with Crippen LogP contribution in [0.25, 0.3) is 0 Å². The molecule has 0 saturated heterocycles. The molecular formula is C13H17ClN2O5. The van der Waals surface area contributed by atoms with Gasteiger partial charge in [-0.2, -0.15) is 0 Å². The van der Waals surface area contributed by atoms with Crippen molar-refractivity contribution in [3.05, 3.63) is 32.8 Å². The van der Waals surface area contributed by atoms with Crippen molar-refractivity contribution in [2.45, 2.75) is 13.8 Å². The van der Waals surface area contributed by atoms with Crippen LogP contribution in [0.2, 0.25) is 5.02 Å². The number of halogens is 1. The molecule has 0 aromatic heterocycles. The Balaban J connectivity index is 3.25. The van der Waals surface area contributed by atoms with Crippen molar-refractivity contribution in [1.82, 2.24) is 0 Å². The van der Waals surface area contributed by atoms with Gasteiger partial charge in [0.1, 0.15) is 0 Å². The number of rotatable bonds is 8. The number of carboxylic acid groups (broad SMARTS) is 1. The molecule has 0 fully saturated rings. The van der Waals surface area contributed by atoms with E-state index in [9.17, 15) is 20.0 Å². The summed E-state index contributed by atoms with van der Waals surface area (Å²) < 4.78 is 5.25. The maximum Gasteiger partial charge on any atom is 0.338 e. The third kappa shape index (κ3) is 4.30. The van der Waals surface area contributed by atoms with Gasteiger partial charge in [0.25, 0.3) is 5.69 Å². The number of aromatic carboxylic acids is 1. The first-order valence-corrected chi connectivity index (χ1v) is 6.84. The quantitative estimate of drug-likeness (QED) is 0.450. The Bertz CT molecular complexity index is 536. The molecule has 0 atom stereocenters. The van der Waals surface area contributed by atoms with E-state index in [-0.39, 0.29) is 22.0 Å². The number of hydrogen-bond acceptors (Lipinski definition) is 5. The monoisotopic (exact) mass is 316 g/mol. The molecule has 0 saturated carbocycles. The van der Waals surface area contributed by atoms with Crippen LogP contribution in [-0.4, -0.2) is 42.3 Å². The summed E-state index contributed by atoms with van der Waals surface area (Å²) in [7, 11) is 0. The Morgan fingerprint density at radius 2 is 2.14 bits per heavy atom. The fourth-order valence-corrected chi connectivity index (χ4v) is 2.25. The number of nitrogens with zero attached hydrogens (tertiary/aromatic N) is 2. The van der Waals surface area contributed by atoms with E-state index < -0.39 is 10.9 Å². The van der Waals surface area contributed by atoms with Crippen molar-refractivity contribution in [3.63, 3.8) is 0 Å². The second kappa shape index (κ2) is 7.80. The smallest absolute Gasteiger partial charge is 0.338 e.